The lowest BCUT2D eigenvalue weighted by Gasteiger charge is -2.30. The molecule has 0 saturated carbocycles. The van der Waals surface area contributed by atoms with Gasteiger partial charge in [-0.05, 0) is 36.5 Å². The number of nitrogens with one attached hydrogen (secondary N) is 1. The maximum Gasteiger partial charge on any atom is 0.247 e. The topological polar surface area (TPSA) is 53.9 Å². The van der Waals surface area contributed by atoms with E-state index in [-0.39, 0.29) is 5.82 Å². The highest BCUT2D eigenvalue weighted by Gasteiger charge is 2.19. The predicted molar refractivity (Wildman–Crippen MR) is 84.2 cm³/mol. The van der Waals surface area contributed by atoms with Gasteiger partial charge in [-0.3, -0.25) is 0 Å². The molecule has 1 N–H and O–H groups in total. The van der Waals surface area contributed by atoms with Crippen LogP contribution in [0.15, 0.2) is 30.5 Å². The standard InChI is InChI=1S/C16H20FN5/c1-12-3-2-8-22(11-12)16-20-15(10-19-21-16)18-9-13-4-6-14(17)7-5-13/h4-7,10,12H,2-3,8-9,11H2,1H3,(H,18,20,21). The molecule has 0 radical (unpaired) electrons. The molecule has 1 aromatic carbocycles. The zero-order valence-corrected chi connectivity index (χ0v) is 12.7. The van der Waals surface area contributed by atoms with Crippen molar-refractivity contribution in [2.45, 2.75) is 26.3 Å². The van der Waals surface area contributed by atoms with E-state index >= 15 is 0 Å². The maximum atomic E-state index is 12.9. The van der Waals surface area contributed by atoms with Crippen LogP contribution in [-0.4, -0.2) is 28.3 Å². The number of halogens is 1. The molecule has 116 valence electrons. The van der Waals surface area contributed by atoms with E-state index in [0.717, 1.165) is 25.1 Å². The summed E-state index contributed by atoms with van der Waals surface area (Å²) in [5.41, 5.74) is 0.994. The van der Waals surface area contributed by atoms with Crippen molar-refractivity contribution >= 4 is 11.8 Å². The van der Waals surface area contributed by atoms with Gasteiger partial charge in [-0.25, -0.2) is 4.39 Å². The summed E-state index contributed by atoms with van der Waals surface area (Å²) in [6, 6.07) is 6.42. The molecule has 3 rings (SSSR count). The summed E-state index contributed by atoms with van der Waals surface area (Å²) in [5, 5.41) is 11.4. The number of piperidine rings is 1. The van der Waals surface area contributed by atoms with Crippen LogP contribution in [0.2, 0.25) is 0 Å². The van der Waals surface area contributed by atoms with E-state index < -0.39 is 0 Å². The zero-order chi connectivity index (χ0) is 15.4. The molecule has 22 heavy (non-hydrogen) atoms. The molecule has 2 heterocycles. The zero-order valence-electron chi connectivity index (χ0n) is 12.7. The molecule has 1 fully saturated rings. The summed E-state index contributed by atoms with van der Waals surface area (Å²) < 4.78 is 12.9. The molecule has 1 saturated heterocycles. The lowest BCUT2D eigenvalue weighted by Crippen LogP contribution is -2.35. The largest absolute Gasteiger partial charge is 0.365 e. The summed E-state index contributed by atoms with van der Waals surface area (Å²) in [6.07, 6.45) is 4.03. The summed E-state index contributed by atoms with van der Waals surface area (Å²) in [7, 11) is 0. The van der Waals surface area contributed by atoms with Crippen LogP contribution in [0.1, 0.15) is 25.3 Å². The molecule has 6 heteroatoms. The van der Waals surface area contributed by atoms with Crippen LogP contribution in [0.4, 0.5) is 16.2 Å². The lowest BCUT2D eigenvalue weighted by atomic mass is 10.0. The van der Waals surface area contributed by atoms with Crippen LogP contribution in [0.3, 0.4) is 0 Å². The Bertz CT molecular complexity index is 616. The number of anilines is 2. The fraction of sp³-hybridized carbons (Fsp3) is 0.438. The molecule has 5 nitrogen and oxygen atoms in total. The van der Waals surface area contributed by atoms with Crippen LogP contribution in [0.5, 0.6) is 0 Å². The third kappa shape index (κ3) is 3.69. The first-order valence-electron chi connectivity index (χ1n) is 7.64. The number of benzene rings is 1. The molecule has 1 aliphatic rings. The molecule has 0 amide bonds. The average molecular weight is 301 g/mol. The van der Waals surface area contributed by atoms with E-state index in [1.807, 2.05) is 0 Å². The third-order valence-corrected chi connectivity index (χ3v) is 3.87. The Balaban J connectivity index is 1.64. The van der Waals surface area contributed by atoms with Crippen molar-refractivity contribution in [3.63, 3.8) is 0 Å². The van der Waals surface area contributed by atoms with Gasteiger partial charge in [0.05, 0.1) is 6.20 Å². The Kier molecular flexibility index (Phi) is 4.46. The van der Waals surface area contributed by atoms with Gasteiger partial charge in [0.2, 0.25) is 5.95 Å². The van der Waals surface area contributed by atoms with Crippen molar-refractivity contribution in [3.05, 3.63) is 41.8 Å². The molecular formula is C16H20FN5. The number of hydrogen-bond donors (Lipinski definition) is 1. The van der Waals surface area contributed by atoms with Gasteiger partial charge in [-0.15, -0.1) is 5.10 Å². The minimum atomic E-state index is -0.228. The second kappa shape index (κ2) is 6.68. The Hall–Kier alpha value is -2.24. The minimum absolute atomic E-state index is 0.228. The van der Waals surface area contributed by atoms with Crippen molar-refractivity contribution in [2.24, 2.45) is 5.92 Å². The van der Waals surface area contributed by atoms with Crippen LogP contribution in [-0.2, 0) is 6.54 Å². The SMILES string of the molecule is CC1CCCN(c2nncc(NCc3ccc(F)cc3)n2)C1. The smallest absolute Gasteiger partial charge is 0.247 e. The molecular weight excluding hydrogens is 281 g/mol. The lowest BCUT2D eigenvalue weighted by molar-refractivity contribution is 0.441. The molecule has 0 aliphatic carbocycles. The molecule has 0 spiro atoms. The number of nitrogens with zero attached hydrogens (tertiary/aromatic N) is 4. The average Bonchev–Trinajstić information content (AvgIpc) is 2.55. The summed E-state index contributed by atoms with van der Waals surface area (Å²) in [4.78, 5) is 6.72. The highest BCUT2D eigenvalue weighted by Crippen LogP contribution is 2.20. The minimum Gasteiger partial charge on any atom is -0.365 e. The van der Waals surface area contributed by atoms with Gasteiger partial charge < -0.3 is 10.2 Å². The second-order valence-corrected chi connectivity index (χ2v) is 5.82. The van der Waals surface area contributed by atoms with Crippen molar-refractivity contribution in [2.75, 3.05) is 23.3 Å². The van der Waals surface area contributed by atoms with Crippen molar-refractivity contribution < 1.29 is 4.39 Å². The normalized spacial score (nSPS) is 18.3. The first-order valence-corrected chi connectivity index (χ1v) is 7.64. The van der Waals surface area contributed by atoms with Gasteiger partial charge in [-0.2, -0.15) is 10.1 Å². The Morgan fingerprint density at radius 3 is 2.91 bits per heavy atom. The summed E-state index contributed by atoms with van der Waals surface area (Å²) in [5.74, 6) is 1.80. The molecule has 1 unspecified atom stereocenters. The Labute approximate surface area is 129 Å². The monoisotopic (exact) mass is 301 g/mol. The predicted octanol–water partition coefficient (Wildman–Crippen LogP) is 2.86. The number of rotatable bonds is 4. The summed E-state index contributed by atoms with van der Waals surface area (Å²) in [6.45, 7) is 4.78. The van der Waals surface area contributed by atoms with Crippen LogP contribution < -0.4 is 10.2 Å². The summed E-state index contributed by atoms with van der Waals surface area (Å²) >= 11 is 0. The van der Waals surface area contributed by atoms with E-state index in [4.69, 9.17) is 0 Å². The first kappa shape index (κ1) is 14.7. The quantitative estimate of drug-likeness (QED) is 0.941. The van der Waals surface area contributed by atoms with E-state index in [2.05, 4.69) is 32.3 Å². The van der Waals surface area contributed by atoms with Gasteiger partial charge in [0, 0.05) is 19.6 Å². The highest BCUT2D eigenvalue weighted by molar-refractivity contribution is 5.40. The van der Waals surface area contributed by atoms with E-state index in [1.165, 1.54) is 18.6 Å². The first-order chi connectivity index (χ1) is 10.7. The van der Waals surface area contributed by atoms with Crippen molar-refractivity contribution in [1.29, 1.82) is 0 Å². The van der Waals surface area contributed by atoms with Crippen LogP contribution in [0.25, 0.3) is 0 Å². The van der Waals surface area contributed by atoms with Crippen LogP contribution in [0, 0.1) is 11.7 Å². The van der Waals surface area contributed by atoms with E-state index in [9.17, 15) is 4.39 Å². The van der Waals surface area contributed by atoms with Crippen molar-refractivity contribution in [3.8, 4) is 0 Å². The second-order valence-electron chi connectivity index (χ2n) is 5.82. The molecule has 1 atom stereocenters. The number of hydrogen-bond acceptors (Lipinski definition) is 5. The van der Waals surface area contributed by atoms with Gasteiger partial charge in [0.15, 0.2) is 5.82 Å². The Morgan fingerprint density at radius 2 is 2.14 bits per heavy atom. The Morgan fingerprint density at radius 1 is 1.32 bits per heavy atom. The van der Waals surface area contributed by atoms with Gasteiger partial charge in [0.25, 0.3) is 0 Å². The van der Waals surface area contributed by atoms with Crippen molar-refractivity contribution in [1.82, 2.24) is 15.2 Å². The van der Waals surface area contributed by atoms with Gasteiger partial charge >= 0.3 is 0 Å². The third-order valence-electron chi connectivity index (χ3n) is 3.87. The molecule has 0 bridgehead atoms. The van der Waals surface area contributed by atoms with Gasteiger partial charge in [-0.1, -0.05) is 19.1 Å². The van der Waals surface area contributed by atoms with Gasteiger partial charge in [0.1, 0.15) is 5.82 Å². The molecule has 1 aliphatic heterocycles. The molecule has 1 aromatic heterocycles. The maximum absolute atomic E-state index is 12.9. The molecule has 2 aromatic rings. The van der Waals surface area contributed by atoms with Crippen LogP contribution >= 0.6 is 0 Å². The fourth-order valence-corrected chi connectivity index (χ4v) is 2.68. The highest BCUT2D eigenvalue weighted by atomic mass is 19.1. The van der Waals surface area contributed by atoms with E-state index in [0.29, 0.717) is 24.2 Å². The fourth-order valence-electron chi connectivity index (χ4n) is 2.68. The van der Waals surface area contributed by atoms with E-state index in [1.54, 1.807) is 18.3 Å². The number of aromatic nitrogens is 3.